The molecule has 0 aromatic heterocycles. The third kappa shape index (κ3) is 3.99. The summed E-state index contributed by atoms with van der Waals surface area (Å²) < 4.78 is 37.6. The van der Waals surface area contributed by atoms with E-state index in [-0.39, 0.29) is 5.82 Å². The predicted molar refractivity (Wildman–Crippen MR) is 72.8 cm³/mol. The number of sulfonamides is 1. The first kappa shape index (κ1) is 14.4. The summed E-state index contributed by atoms with van der Waals surface area (Å²) in [6, 6.07) is 5.01. The topological polar surface area (TPSA) is 40.6 Å². The van der Waals surface area contributed by atoms with Crippen LogP contribution in [0.1, 0.15) is 11.1 Å². The van der Waals surface area contributed by atoms with Gasteiger partial charge in [-0.1, -0.05) is 6.07 Å². The molecular weight excluding hydrogens is 267 g/mol. The molecule has 1 aliphatic heterocycles. The molecule has 6 heteroatoms. The van der Waals surface area contributed by atoms with Gasteiger partial charge < -0.3 is 0 Å². The molecule has 19 heavy (non-hydrogen) atoms. The summed E-state index contributed by atoms with van der Waals surface area (Å²) in [5, 5.41) is 0. The van der Waals surface area contributed by atoms with Gasteiger partial charge in [0.2, 0.25) is 10.0 Å². The summed E-state index contributed by atoms with van der Waals surface area (Å²) in [7, 11) is -3.09. The van der Waals surface area contributed by atoms with Crippen molar-refractivity contribution >= 4 is 10.0 Å². The fraction of sp³-hybridized carbons (Fsp3) is 0.538. The minimum Gasteiger partial charge on any atom is -0.296 e. The Labute approximate surface area is 113 Å². The van der Waals surface area contributed by atoms with Crippen molar-refractivity contribution in [3.8, 4) is 0 Å². The van der Waals surface area contributed by atoms with Crippen molar-refractivity contribution in [2.45, 2.75) is 13.5 Å². The molecule has 0 N–H and O–H groups in total. The van der Waals surface area contributed by atoms with Crippen LogP contribution >= 0.6 is 0 Å². The number of halogens is 1. The number of aryl methyl sites for hydroxylation is 1. The van der Waals surface area contributed by atoms with Crippen LogP contribution in [-0.4, -0.2) is 50.1 Å². The summed E-state index contributed by atoms with van der Waals surface area (Å²) in [5.41, 5.74) is 1.84. The van der Waals surface area contributed by atoms with Gasteiger partial charge in [0.15, 0.2) is 0 Å². The highest BCUT2D eigenvalue weighted by Gasteiger charge is 2.23. The maximum Gasteiger partial charge on any atom is 0.211 e. The Morgan fingerprint density at radius 2 is 1.79 bits per heavy atom. The van der Waals surface area contributed by atoms with Crippen LogP contribution in [0, 0.1) is 12.7 Å². The second-order valence-electron chi connectivity index (χ2n) is 5.08. The monoisotopic (exact) mass is 286 g/mol. The van der Waals surface area contributed by atoms with Gasteiger partial charge in [-0.05, 0) is 30.2 Å². The van der Waals surface area contributed by atoms with E-state index >= 15 is 0 Å². The van der Waals surface area contributed by atoms with E-state index in [4.69, 9.17) is 0 Å². The van der Waals surface area contributed by atoms with Crippen molar-refractivity contribution < 1.29 is 12.8 Å². The van der Waals surface area contributed by atoms with Crippen molar-refractivity contribution in [2.24, 2.45) is 0 Å². The largest absolute Gasteiger partial charge is 0.296 e. The Bertz CT molecular complexity index is 532. The maximum absolute atomic E-state index is 13.3. The molecule has 1 aromatic carbocycles. The minimum absolute atomic E-state index is 0.218. The summed E-state index contributed by atoms with van der Waals surface area (Å²) in [6.07, 6.45) is 1.23. The van der Waals surface area contributed by atoms with E-state index in [1.54, 1.807) is 0 Å². The molecule has 0 aliphatic carbocycles. The molecule has 0 atom stereocenters. The Morgan fingerprint density at radius 1 is 1.16 bits per heavy atom. The molecule has 0 spiro atoms. The molecule has 4 nitrogen and oxygen atoms in total. The first-order valence-electron chi connectivity index (χ1n) is 6.28. The highest BCUT2D eigenvalue weighted by atomic mass is 32.2. The van der Waals surface area contributed by atoms with Gasteiger partial charge in [0.1, 0.15) is 5.82 Å². The standard InChI is InChI=1S/C13H19FN2O2S/c1-11-7-12(9-13(14)8-11)10-15-3-5-16(6-4-15)19(2,17)18/h7-9H,3-6,10H2,1-2H3. The zero-order valence-corrected chi connectivity index (χ0v) is 12.1. The zero-order chi connectivity index (χ0) is 14.0. The van der Waals surface area contributed by atoms with Crippen molar-refractivity contribution in [1.82, 2.24) is 9.21 Å². The predicted octanol–water partition coefficient (Wildman–Crippen LogP) is 1.21. The number of benzene rings is 1. The van der Waals surface area contributed by atoms with Crippen LogP contribution in [0.4, 0.5) is 4.39 Å². The van der Waals surface area contributed by atoms with E-state index in [1.165, 1.54) is 22.7 Å². The van der Waals surface area contributed by atoms with Gasteiger partial charge in [-0.25, -0.2) is 12.8 Å². The number of rotatable bonds is 3. The van der Waals surface area contributed by atoms with Crippen LogP contribution in [0.25, 0.3) is 0 Å². The number of piperazine rings is 1. The third-order valence-corrected chi connectivity index (χ3v) is 4.61. The summed E-state index contributed by atoms with van der Waals surface area (Å²) >= 11 is 0. The molecule has 106 valence electrons. The van der Waals surface area contributed by atoms with Gasteiger partial charge in [-0.2, -0.15) is 4.31 Å². The highest BCUT2D eigenvalue weighted by molar-refractivity contribution is 7.88. The van der Waals surface area contributed by atoms with Crippen LogP contribution in [0.15, 0.2) is 18.2 Å². The van der Waals surface area contributed by atoms with Crippen molar-refractivity contribution in [2.75, 3.05) is 32.4 Å². The Hall–Kier alpha value is -0.980. The second-order valence-corrected chi connectivity index (χ2v) is 7.06. The quantitative estimate of drug-likeness (QED) is 0.838. The fourth-order valence-electron chi connectivity index (χ4n) is 2.38. The molecule has 1 heterocycles. The minimum atomic E-state index is -3.09. The Morgan fingerprint density at radius 3 is 2.32 bits per heavy atom. The molecule has 0 unspecified atom stereocenters. The molecule has 1 aliphatic rings. The van der Waals surface area contributed by atoms with E-state index in [9.17, 15) is 12.8 Å². The molecule has 2 rings (SSSR count). The van der Waals surface area contributed by atoms with Crippen molar-refractivity contribution in [1.29, 1.82) is 0 Å². The SMILES string of the molecule is Cc1cc(F)cc(CN2CCN(S(C)(=O)=O)CC2)c1. The Kier molecular flexibility index (Phi) is 4.23. The fourth-order valence-corrected chi connectivity index (χ4v) is 3.21. The molecule has 0 amide bonds. The van der Waals surface area contributed by atoms with Crippen LogP contribution < -0.4 is 0 Å². The molecule has 1 aromatic rings. The third-order valence-electron chi connectivity index (χ3n) is 3.31. The van der Waals surface area contributed by atoms with Gasteiger partial charge in [-0.15, -0.1) is 0 Å². The first-order chi connectivity index (χ1) is 8.84. The van der Waals surface area contributed by atoms with E-state index in [0.29, 0.717) is 32.7 Å². The van der Waals surface area contributed by atoms with Crippen LogP contribution in [-0.2, 0) is 16.6 Å². The lowest BCUT2D eigenvalue weighted by Crippen LogP contribution is -2.47. The van der Waals surface area contributed by atoms with Crippen LogP contribution in [0.2, 0.25) is 0 Å². The molecule has 1 saturated heterocycles. The Balaban J connectivity index is 1.96. The lowest BCUT2D eigenvalue weighted by molar-refractivity contribution is 0.182. The van der Waals surface area contributed by atoms with E-state index in [0.717, 1.165) is 11.1 Å². The van der Waals surface area contributed by atoms with E-state index in [1.807, 2.05) is 13.0 Å². The lowest BCUT2D eigenvalue weighted by atomic mass is 10.1. The number of hydrogen-bond donors (Lipinski definition) is 0. The van der Waals surface area contributed by atoms with Crippen LogP contribution in [0.3, 0.4) is 0 Å². The maximum atomic E-state index is 13.3. The van der Waals surface area contributed by atoms with Gasteiger partial charge >= 0.3 is 0 Å². The average molecular weight is 286 g/mol. The lowest BCUT2D eigenvalue weighted by Gasteiger charge is -2.33. The van der Waals surface area contributed by atoms with Crippen molar-refractivity contribution in [3.05, 3.63) is 35.1 Å². The van der Waals surface area contributed by atoms with E-state index in [2.05, 4.69) is 4.90 Å². The van der Waals surface area contributed by atoms with Gasteiger partial charge in [0, 0.05) is 32.7 Å². The highest BCUT2D eigenvalue weighted by Crippen LogP contribution is 2.13. The van der Waals surface area contributed by atoms with Gasteiger partial charge in [0.25, 0.3) is 0 Å². The summed E-state index contributed by atoms with van der Waals surface area (Å²) in [5.74, 6) is -0.218. The molecule has 1 fully saturated rings. The van der Waals surface area contributed by atoms with Crippen molar-refractivity contribution in [3.63, 3.8) is 0 Å². The second kappa shape index (κ2) is 5.56. The molecule has 0 radical (unpaired) electrons. The van der Waals surface area contributed by atoms with Gasteiger partial charge in [-0.3, -0.25) is 4.90 Å². The zero-order valence-electron chi connectivity index (χ0n) is 11.3. The van der Waals surface area contributed by atoms with Gasteiger partial charge in [0.05, 0.1) is 6.26 Å². The number of nitrogens with zero attached hydrogens (tertiary/aromatic N) is 2. The molecular formula is C13H19FN2O2S. The normalized spacial score (nSPS) is 18.7. The molecule has 0 bridgehead atoms. The van der Waals surface area contributed by atoms with Crippen LogP contribution in [0.5, 0.6) is 0 Å². The van der Waals surface area contributed by atoms with E-state index < -0.39 is 10.0 Å². The molecule has 0 saturated carbocycles. The summed E-state index contributed by atoms with van der Waals surface area (Å²) in [4.78, 5) is 2.15. The average Bonchev–Trinajstić information content (AvgIpc) is 2.26. The number of hydrogen-bond acceptors (Lipinski definition) is 3. The first-order valence-corrected chi connectivity index (χ1v) is 8.13. The summed E-state index contributed by atoms with van der Waals surface area (Å²) in [6.45, 7) is 4.91. The smallest absolute Gasteiger partial charge is 0.211 e.